The molecular weight excluding hydrogens is 415 g/mol. The van der Waals surface area contributed by atoms with Crippen LogP contribution in [0.2, 0.25) is 0 Å². The van der Waals surface area contributed by atoms with Gasteiger partial charge in [0, 0.05) is 10.9 Å². The Morgan fingerprint density at radius 2 is 1.74 bits per heavy atom. The molecule has 1 aliphatic carbocycles. The van der Waals surface area contributed by atoms with Crippen molar-refractivity contribution in [1.29, 1.82) is 0 Å². The Bertz CT molecular complexity index is 1200. The van der Waals surface area contributed by atoms with Gasteiger partial charge in [0.2, 0.25) is 0 Å². The number of benzene rings is 3. The van der Waals surface area contributed by atoms with Crippen molar-refractivity contribution < 1.29 is 4.39 Å². The van der Waals surface area contributed by atoms with Crippen LogP contribution in [0.3, 0.4) is 0 Å². The largest absolute Gasteiger partial charge is 0.205 e. The highest BCUT2D eigenvalue weighted by Gasteiger charge is 2.22. The monoisotopic (exact) mass is 450 g/mol. The zero-order chi connectivity index (χ0) is 23.8. The second kappa shape index (κ2) is 11.8. The quantitative estimate of drug-likeness (QED) is 0.249. The predicted octanol–water partition coefficient (Wildman–Crippen LogP) is 9.13. The Balaban J connectivity index is 1.45. The van der Waals surface area contributed by atoms with Crippen LogP contribution in [0.4, 0.5) is 4.39 Å². The van der Waals surface area contributed by atoms with E-state index in [1.165, 1.54) is 43.2 Å². The zero-order valence-corrected chi connectivity index (χ0v) is 20.3. The minimum Gasteiger partial charge on any atom is -0.205 e. The van der Waals surface area contributed by atoms with Crippen LogP contribution in [-0.4, -0.2) is 0 Å². The summed E-state index contributed by atoms with van der Waals surface area (Å²) >= 11 is 0. The molecule has 0 radical (unpaired) electrons. The van der Waals surface area contributed by atoms with Gasteiger partial charge in [-0.05, 0) is 105 Å². The third kappa shape index (κ3) is 6.06. The van der Waals surface area contributed by atoms with E-state index in [0.29, 0.717) is 16.9 Å². The molecule has 0 unspecified atom stereocenters. The maximum atomic E-state index is 15.2. The van der Waals surface area contributed by atoms with Gasteiger partial charge in [-0.2, -0.15) is 0 Å². The summed E-state index contributed by atoms with van der Waals surface area (Å²) in [5.41, 5.74) is 4.01. The molecule has 0 spiro atoms. The summed E-state index contributed by atoms with van der Waals surface area (Å²) < 4.78 is 15.2. The normalized spacial score (nSPS) is 18.1. The number of halogens is 1. The molecule has 1 aliphatic rings. The smallest absolute Gasteiger partial charge is 0.146 e. The molecule has 174 valence electrons. The van der Waals surface area contributed by atoms with Crippen molar-refractivity contribution in [3.63, 3.8) is 0 Å². The first-order chi connectivity index (χ1) is 16.7. The minimum atomic E-state index is -0.215. The maximum absolute atomic E-state index is 15.2. The number of rotatable bonds is 7. The predicted molar refractivity (Wildman–Crippen MR) is 144 cm³/mol. The van der Waals surface area contributed by atoms with Gasteiger partial charge in [0.1, 0.15) is 5.82 Å². The first-order valence-electron chi connectivity index (χ1n) is 12.7. The first-order valence-corrected chi connectivity index (χ1v) is 12.7. The van der Waals surface area contributed by atoms with E-state index in [0.717, 1.165) is 36.1 Å². The second-order valence-electron chi connectivity index (χ2n) is 9.55. The molecule has 0 N–H and O–H groups in total. The topological polar surface area (TPSA) is 0 Å². The number of hydrogen-bond donors (Lipinski definition) is 0. The summed E-state index contributed by atoms with van der Waals surface area (Å²) in [4.78, 5) is 0. The molecule has 0 saturated heterocycles. The lowest BCUT2D eigenvalue weighted by molar-refractivity contribution is 0.312. The van der Waals surface area contributed by atoms with Crippen LogP contribution in [0.15, 0.2) is 79.4 Å². The van der Waals surface area contributed by atoms with Crippen molar-refractivity contribution in [2.24, 2.45) is 5.92 Å². The van der Waals surface area contributed by atoms with Crippen molar-refractivity contribution in [2.45, 2.75) is 64.2 Å². The molecule has 0 aliphatic heterocycles. The molecular formula is C33H35F. The average Bonchev–Trinajstić information content (AvgIpc) is 2.88. The van der Waals surface area contributed by atoms with Crippen LogP contribution in [-0.2, 0) is 6.42 Å². The summed E-state index contributed by atoms with van der Waals surface area (Å²) in [5.74, 6) is 7.39. The lowest BCUT2D eigenvalue weighted by Gasteiger charge is -2.28. The summed E-state index contributed by atoms with van der Waals surface area (Å²) in [5, 5.41) is 1.63. The standard InChI is InChI=1S/C33H35F/c1-3-5-7-9-26-10-12-27(13-11-26)16-19-29-20-21-31-24-30(22-23-32(31)33(29)34)28-17-14-25(15-18-28)8-6-4-2/h3-5,10-13,20-25,28H,2,6-9,14-15,17-18H2,1H3/b5-3+. The maximum Gasteiger partial charge on any atom is 0.146 e. The van der Waals surface area contributed by atoms with Crippen LogP contribution in [0.1, 0.15) is 80.0 Å². The number of hydrogen-bond acceptors (Lipinski definition) is 0. The van der Waals surface area contributed by atoms with Gasteiger partial charge in [0.25, 0.3) is 0 Å². The van der Waals surface area contributed by atoms with Crippen LogP contribution < -0.4 is 0 Å². The second-order valence-corrected chi connectivity index (χ2v) is 9.55. The van der Waals surface area contributed by atoms with Gasteiger partial charge < -0.3 is 0 Å². The number of allylic oxidation sites excluding steroid dienone is 3. The van der Waals surface area contributed by atoms with Crippen LogP contribution in [0.5, 0.6) is 0 Å². The molecule has 0 bridgehead atoms. The Kier molecular flexibility index (Phi) is 8.37. The van der Waals surface area contributed by atoms with Gasteiger partial charge in [0.05, 0.1) is 5.56 Å². The summed E-state index contributed by atoms with van der Waals surface area (Å²) in [7, 11) is 0. The average molecular weight is 451 g/mol. The Morgan fingerprint density at radius 1 is 0.941 bits per heavy atom. The van der Waals surface area contributed by atoms with E-state index in [-0.39, 0.29) is 5.82 Å². The zero-order valence-electron chi connectivity index (χ0n) is 20.3. The lowest BCUT2D eigenvalue weighted by Crippen LogP contribution is -2.13. The van der Waals surface area contributed by atoms with Crippen molar-refractivity contribution in [3.8, 4) is 11.8 Å². The van der Waals surface area contributed by atoms with Crippen LogP contribution in [0, 0.1) is 23.6 Å². The third-order valence-corrected chi connectivity index (χ3v) is 7.21. The minimum absolute atomic E-state index is 0.215. The van der Waals surface area contributed by atoms with Crippen LogP contribution in [0.25, 0.3) is 10.8 Å². The Labute approximate surface area is 204 Å². The lowest BCUT2D eigenvalue weighted by atomic mass is 9.77. The number of aryl methyl sites for hydroxylation is 1. The molecule has 0 nitrogen and oxygen atoms in total. The highest BCUT2D eigenvalue weighted by Crippen LogP contribution is 2.38. The molecule has 0 aromatic heterocycles. The fourth-order valence-electron chi connectivity index (χ4n) is 5.11. The fourth-order valence-corrected chi connectivity index (χ4v) is 5.11. The molecule has 1 fully saturated rings. The molecule has 3 aromatic rings. The van der Waals surface area contributed by atoms with Gasteiger partial charge >= 0.3 is 0 Å². The molecule has 34 heavy (non-hydrogen) atoms. The van der Waals surface area contributed by atoms with Crippen molar-refractivity contribution >= 4 is 10.8 Å². The molecule has 0 heterocycles. The van der Waals surface area contributed by atoms with E-state index in [2.05, 4.69) is 54.8 Å². The summed E-state index contributed by atoms with van der Waals surface area (Å²) in [6.07, 6.45) is 15.8. The SMILES string of the molecule is C=CCCC1CCC(c2ccc3c(F)c(C#Cc4ccc(CC/C=C/C)cc4)ccc3c2)CC1. The highest BCUT2D eigenvalue weighted by atomic mass is 19.1. The van der Waals surface area contributed by atoms with E-state index >= 15 is 4.39 Å². The molecule has 1 saturated carbocycles. The van der Waals surface area contributed by atoms with Crippen molar-refractivity contribution in [1.82, 2.24) is 0 Å². The Morgan fingerprint density at radius 3 is 2.47 bits per heavy atom. The van der Waals surface area contributed by atoms with Crippen LogP contribution >= 0.6 is 0 Å². The molecule has 1 heteroatoms. The van der Waals surface area contributed by atoms with Gasteiger partial charge in [-0.15, -0.1) is 6.58 Å². The Hall–Kier alpha value is -3.11. The first kappa shape index (κ1) is 24.0. The fraction of sp³-hybridized carbons (Fsp3) is 0.333. The van der Waals surface area contributed by atoms with Gasteiger partial charge in [-0.1, -0.05) is 66.5 Å². The van der Waals surface area contributed by atoms with E-state index in [9.17, 15) is 0 Å². The van der Waals surface area contributed by atoms with Gasteiger partial charge in [0.15, 0.2) is 0 Å². The summed E-state index contributed by atoms with van der Waals surface area (Å²) in [6.45, 7) is 5.89. The molecule has 0 atom stereocenters. The van der Waals surface area contributed by atoms with Gasteiger partial charge in [-0.25, -0.2) is 4.39 Å². The van der Waals surface area contributed by atoms with Crippen molar-refractivity contribution in [2.75, 3.05) is 0 Å². The van der Waals surface area contributed by atoms with E-state index in [1.807, 2.05) is 43.3 Å². The number of fused-ring (bicyclic) bond motifs is 1. The third-order valence-electron chi connectivity index (χ3n) is 7.21. The molecule has 0 amide bonds. The van der Waals surface area contributed by atoms with E-state index in [1.54, 1.807) is 0 Å². The van der Waals surface area contributed by atoms with E-state index in [4.69, 9.17) is 0 Å². The van der Waals surface area contributed by atoms with E-state index < -0.39 is 0 Å². The van der Waals surface area contributed by atoms with Gasteiger partial charge in [-0.3, -0.25) is 0 Å². The molecule has 4 rings (SSSR count). The molecule has 3 aromatic carbocycles. The highest BCUT2D eigenvalue weighted by molar-refractivity contribution is 5.85. The van der Waals surface area contributed by atoms with Crippen molar-refractivity contribution in [3.05, 3.63) is 107 Å². The summed E-state index contributed by atoms with van der Waals surface area (Å²) in [6, 6.07) is 18.4.